The number of nitrogens with one attached hydrogen (secondary N) is 1. The Labute approximate surface area is 154 Å². The normalized spacial score (nSPS) is 12.1. The van der Waals surface area contributed by atoms with Crippen LogP contribution in [0.1, 0.15) is 35.7 Å². The van der Waals surface area contributed by atoms with Crippen molar-refractivity contribution < 1.29 is 14.1 Å². The van der Waals surface area contributed by atoms with Gasteiger partial charge in [-0.05, 0) is 58.4 Å². The lowest BCUT2D eigenvalue weighted by atomic mass is 10.1. The molecule has 0 fully saturated rings. The molecular weight excluding hydrogens is 360 g/mol. The molecule has 7 nitrogen and oxygen atoms in total. The molecule has 0 aliphatic heterocycles. The van der Waals surface area contributed by atoms with Crippen LogP contribution in [-0.2, 0) is 16.6 Å². The molecule has 0 radical (unpaired) electrons. The fourth-order valence-electron chi connectivity index (χ4n) is 2.21. The Hall–Kier alpha value is -1.81. The van der Waals surface area contributed by atoms with Crippen LogP contribution in [0, 0.1) is 20.8 Å². The SMILES string of the molecule is Cc1cc(NC(N)=O)cc(C)n1.Cc1cc(S(N)=O)sc1C(C)(C)O. The number of aromatic nitrogens is 1. The number of amides is 2. The van der Waals surface area contributed by atoms with Gasteiger partial charge >= 0.3 is 6.03 Å². The van der Waals surface area contributed by atoms with Crippen LogP contribution in [0.15, 0.2) is 22.4 Å². The highest BCUT2D eigenvalue weighted by Gasteiger charge is 2.22. The molecule has 1 unspecified atom stereocenters. The maximum absolute atomic E-state index is 11.0. The van der Waals surface area contributed by atoms with Crippen LogP contribution in [0.5, 0.6) is 0 Å². The quantitative estimate of drug-likeness (QED) is 0.647. The van der Waals surface area contributed by atoms with Crippen molar-refractivity contribution in [3.05, 3.63) is 40.0 Å². The van der Waals surface area contributed by atoms with E-state index in [1.54, 1.807) is 32.0 Å². The molecule has 1 atom stereocenters. The summed E-state index contributed by atoms with van der Waals surface area (Å²) in [7, 11) is -1.45. The topological polar surface area (TPSA) is 131 Å². The maximum Gasteiger partial charge on any atom is 0.316 e. The van der Waals surface area contributed by atoms with E-state index in [4.69, 9.17) is 10.9 Å². The van der Waals surface area contributed by atoms with Gasteiger partial charge in [0.1, 0.15) is 15.2 Å². The van der Waals surface area contributed by atoms with Crippen LogP contribution < -0.4 is 16.2 Å². The molecule has 2 aromatic heterocycles. The summed E-state index contributed by atoms with van der Waals surface area (Å²) in [5.41, 5.74) is 7.42. The Bertz CT molecular complexity index is 762. The minimum Gasteiger partial charge on any atom is -0.385 e. The molecule has 0 saturated carbocycles. The molecule has 0 spiro atoms. The molecule has 9 heteroatoms. The summed E-state index contributed by atoms with van der Waals surface area (Å²) in [5.74, 6) is 0. The van der Waals surface area contributed by atoms with E-state index >= 15 is 0 Å². The second-order valence-electron chi connectivity index (χ2n) is 6.06. The van der Waals surface area contributed by atoms with Gasteiger partial charge in [-0.25, -0.2) is 14.1 Å². The number of aliphatic hydroxyl groups is 1. The molecule has 0 aliphatic carbocycles. The number of anilines is 1. The smallest absolute Gasteiger partial charge is 0.316 e. The third kappa shape index (κ3) is 6.91. The van der Waals surface area contributed by atoms with Crippen LogP contribution >= 0.6 is 11.3 Å². The number of rotatable bonds is 3. The van der Waals surface area contributed by atoms with Crippen molar-refractivity contribution in [1.82, 2.24) is 4.98 Å². The van der Waals surface area contributed by atoms with E-state index in [1.807, 2.05) is 20.8 Å². The zero-order valence-corrected chi connectivity index (χ0v) is 16.5. The van der Waals surface area contributed by atoms with Gasteiger partial charge in [-0.15, -0.1) is 11.3 Å². The predicted octanol–water partition coefficient (Wildman–Crippen LogP) is 2.45. The standard InChI is InChI=1S/C8H11N3O.C8H13NO2S2/c1-5-3-7(11-8(9)12)4-6(2)10-5;1-5-4-6(13(9)11)12-7(5)8(2,3)10/h3-4H,1-2H3,(H3,9,10,11,12);4,10H,9H2,1-3H3. The zero-order chi connectivity index (χ0) is 19.4. The number of primary amides is 1. The first kappa shape index (κ1) is 21.2. The van der Waals surface area contributed by atoms with E-state index < -0.39 is 22.6 Å². The molecule has 0 saturated heterocycles. The number of carbonyl (C=O) groups excluding carboxylic acids is 1. The Morgan fingerprint density at radius 1 is 1.24 bits per heavy atom. The van der Waals surface area contributed by atoms with E-state index in [0.717, 1.165) is 21.8 Å². The summed E-state index contributed by atoms with van der Waals surface area (Å²) >= 11 is 1.30. The average Bonchev–Trinajstić information content (AvgIpc) is 2.79. The number of carbonyl (C=O) groups is 1. The van der Waals surface area contributed by atoms with Gasteiger partial charge in [0.15, 0.2) is 0 Å². The van der Waals surface area contributed by atoms with Crippen LogP contribution in [0.4, 0.5) is 10.5 Å². The number of pyridine rings is 1. The van der Waals surface area contributed by atoms with E-state index in [-0.39, 0.29) is 0 Å². The highest BCUT2D eigenvalue weighted by atomic mass is 32.2. The number of aryl methyl sites for hydroxylation is 3. The molecule has 6 N–H and O–H groups in total. The van der Waals surface area contributed by atoms with Crippen LogP contribution in [-0.4, -0.2) is 20.3 Å². The summed E-state index contributed by atoms with van der Waals surface area (Å²) in [6.45, 7) is 9.00. The second-order valence-corrected chi connectivity index (χ2v) is 8.41. The van der Waals surface area contributed by atoms with Gasteiger partial charge in [-0.1, -0.05) is 0 Å². The third-order valence-electron chi connectivity index (χ3n) is 3.00. The Morgan fingerprint density at radius 3 is 2.08 bits per heavy atom. The number of hydrogen-bond acceptors (Lipinski definition) is 5. The molecule has 0 bridgehead atoms. The molecule has 2 aromatic rings. The van der Waals surface area contributed by atoms with Crippen molar-refractivity contribution in [3.63, 3.8) is 0 Å². The highest BCUT2D eigenvalue weighted by Crippen LogP contribution is 2.32. The van der Waals surface area contributed by atoms with Crippen LogP contribution in [0.3, 0.4) is 0 Å². The minimum absolute atomic E-state index is 0.556. The van der Waals surface area contributed by atoms with E-state index in [9.17, 15) is 14.1 Å². The second kappa shape index (κ2) is 8.52. The van der Waals surface area contributed by atoms with E-state index in [2.05, 4.69) is 10.3 Å². The van der Waals surface area contributed by atoms with Crippen molar-refractivity contribution in [2.24, 2.45) is 10.9 Å². The molecule has 0 aliphatic rings. The van der Waals surface area contributed by atoms with E-state index in [0.29, 0.717) is 9.90 Å². The first-order chi connectivity index (χ1) is 11.4. The van der Waals surface area contributed by atoms with Crippen molar-refractivity contribution in [3.8, 4) is 0 Å². The van der Waals surface area contributed by atoms with Gasteiger partial charge in [0.2, 0.25) is 0 Å². The van der Waals surface area contributed by atoms with Gasteiger partial charge in [0.25, 0.3) is 0 Å². The molecule has 2 heterocycles. The number of urea groups is 1. The van der Waals surface area contributed by atoms with Crippen molar-refractivity contribution in [2.75, 3.05) is 5.32 Å². The van der Waals surface area contributed by atoms with Crippen molar-refractivity contribution >= 4 is 34.0 Å². The molecule has 25 heavy (non-hydrogen) atoms. The van der Waals surface area contributed by atoms with Crippen LogP contribution in [0.25, 0.3) is 0 Å². The lowest BCUT2D eigenvalue weighted by molar-refractivity contribution is 0.0819. The summed E-state index contributed by atoms with van der Waals surface area (Å²) in [4.78, 5) is 15.5. The summed E-state index contributed by atoms with van der Waals surface area (Å²) in [6.07, 6.45) is 0. The number of nitrogens with zero attached hydrogens (tertiary/aromatic N) is 1. The molecule has 2 amide bonds. The van der Waals surface area contributed by atoms with Gasteiger partial charge in [0.05, 0.1) is 5.60 Å². The van der Waals surface area contributed by atoms with Gasteiger partial charge in [-0.2, -0.15) is 0 Å². The zero-order valence-electron chi connectivity index (χ0n) is 14.9. The lowest BCUT2D eigenvalue weighted by Crippen LogP contribution is -2.19. The largest absolute Gasteiger partial charge is 0.385 e. The molecular formula is C16H24N4O3S2. The average molecular weight is 385 g/mol. The van der Waals surface area contributed by atoms with Crippen LogP contribution in [0.2, 0.25) is 0 Å². The molecule has 0 aromatic carbocycles. The fraction of sp³-hybridized carbons (Fsp3) is 0.375. The summed E-state index contributed by atoms with van der Waals surface area (Å²) < 4.78 is 11.6. The predicted molar refractivity (Wildman–Crippen MR) is 102 cm³/mol. The Kier molecular flexibility index (Phi) is 7.24. The van der Waals surface area contributed by atoms with Gasteiger partial charge in [-0.3, -0.25) is 4.98 Å². The maximum atomic E-state index is 11.0. The Balaban J connectivity index is 0.000000251. The molecule has 2 rings (SSSR count). The van der Waals surface area contributed by atoms with Crippen molar-refractivity contribution in [1.29, 1.82) is 0 Å². The molecule has 138 valence electrons. The fourth-order valence-corrected chi connectivity index (χ4v) is 3.99. The highest BCUT2D eigenvalue weighted by molar-refractivity contribution is 7.85. The number of nitrogens with two attached hydrogens (primary N) is 2. The van der Waals surface area contributed by atoms with Gasteiger partial charge < -0.3 is 16.2 Å². The Morgan fingerprint density at radius 2 is 1.76 bits per heavy atom. The van der Waals surface area contributed by atoms with E-state index in [1.165, 1.54) is 11.3 Å². The minimum atomic E-state index is -1.45. The lowest BCUT2D eigenvalue weighted by Gasteiger charge is -2.15. The first-order valence-corrected chi connectivity index (χ1v) is 9.44. The monoisotopic (exact) mass is 384 g/mol. The summed E-state index contributed by atoms with van der Waals surface area (Å²) in [6, 6.07) is 4.73. The number of hydrogen-bond donors (Lipinski definition) is 4. The third-order valence-corrected chi connectivity index (χ3v) is 5.60. The summed E-state index contributed by atoms with van der Waals surface area (Å²) in [5, 5.41) is 17.5. The first-order valence-electron chi connectivity index (χ1n) is 7.41. The van der Waals surface area contributed by atoms with Gasteiger partial charge in [0, 0.05) is 22.0 Å². The van der Waals surface area contributed by atoms with Crippen molar-refractivity contribution in [2.45, 2.75) is 44.4 Å². The number of thiophene rings is 1.